The van der Waals surface area contributed by atoms with Crippen LogP contribution in [0.25, 0.3) is 0 Å². The Balaban J connectivity index is 1.49. The van der Waals surface area contributed by atoms with E-state index in [0.29, 0.717) is 17.3 Å². The van der Waals surface area contributed by atoms with Gasteiger partial charge < -0.3 is 10.1 Å². The lowest BCUT2D eigenvalue weighted by Crippen LogP contribution is -2.39. The van der Waals surface area contributed by atoms with E-state index in [1.54, 1.807) is 18.2 Å². The molecule has 0 atom stereocenters. The van der Waals surface area contributed by atoms with Crippen LogP contribution in [0.2, 0.25) is 5.02 Å². The van der Waals surface area contributed by atoms with Crippen LogP contribution in [-0.2, 0) is 14.9 Å². The van der Waals surface area contributed by atoms with Crippen LogP contribution in [-0.4, -0.2) is 46.4 Å². The summed E-state index contributed by atoms with van der Waals surface area (Å²) in [6, 6.07) is 10.0. The summed E-state index contributed by atoms with van der Waals surface area (Å²) < 4.78 is 45.3. The third kappa shape index (κ3) is 5.94. The van der Waals surface area contributed by atoms with Crippen molar-refractivity contribution in [3.63, 3.8) is 0 Å². The average molecular weight is 497 g/mol. The van der Waals surface area contributed by atoms with Crippen molar-refractivity contribution < 1.29 is 22.4 Å². The van der Waals surface area contributed by atoms with Gasteiger partial charge in [0.15, 0.2) is 0 Å². The van der Waals surface area contributed by atoms with Gasteiger partial charge in [-0.1, -0.05) is 11.6 Å². The van der Waals surface area contributed by atoms with Crippen molar-refractivity contribution in [1.82, 2.24) is 4.72 Å². The number of nitrogens with one attached hydrogen (secondary N) is 2. The van der Waals surface area contributed by atoms with E-state index in [2.05, 4.69) is 15.0 Å². The Hall–Kier alpha value is -2.40. The first-order valence-electron chi connectivity index (χ1n) is 10.6. The van der Waals surface area contributed by atoms with Gasteiger partial charge in [-0.25, -0.2) is 27.6 Å². The zero-order chi connectivity index (χ0) is 23.6. The number of fused-ring (bicyclic) bond motifs is 1. The second-order valence-electron chi connectivity index (χ2n) is 8.12. The second kappa shape index (κ2) is 9.84. The fourth-order valence-electron chi connectivity index (χ4n) is 4.06. The van der Waals surface area contributed by atoms with Gasteiger partial charge in [0, 0.05) is 17.3 Å². The van der Waals surface area contributed by atoms with Gasteiger partial charge in [0.25, 0.3) is 0 Å². The van der Waals surface area contributed by atoms with E-state index in [1.807, 2.05) is 18.2 Å². The number of aliphatic imine (C=N–C) groups is 1. The van der Waals surface area contributed by atoms with E-state index in [9.17, 15) is 12.8 Å². The first-order valence-corrected chi connectivity index (χ1v) is 12.9. The topological polar surface area (TPSA) is 92.3 Å². The average Bonchev–Trinajstić information content (AvgIpc) is 2.77. The Morgan fingerprint density at radius 2 is 1.91 bits per heavy atom. The van der Waals surface area contributed by atoms with Crippen LogP contribution in [0.15, 0.2) is 41.4 Å². The molecule has 33 heavy (non-hydrogen) atoms. The van der Waals surface area contributed by atoms with Gasteiger partial charge in [-0.15, -0.1) is 0 Å². The molecule has 178 valence electrons. The minimum atomic E-state index is -3.21. The Morgan fingerprint density at radius 3 is 2.58 bits per heavy atom. The SMILES string of the molecule is CON1CN=C(Nc2ccc(F)c(Cl)c2)c2cc(OC3CCC(NS(C)(=O)=O)CC3)ccc21. The normalized spacial score (nSPS) is 20.7. The molecule has 0 unspecified atom stereocenters. The lowest BCUT2D eigenvalue weighted by Gasteiger charge is -2.31. The molecule has 1 aliphatic heterocycles. The number of hydrogen-bond acceptors (Lipinski definition) is 7. The molecule has 4 rings (SSSR count). The third-order valence-corrected chi connectivity index (χ3v) is 6.66. The number of hydroxylamine groups is 1. The quantitative estimate of drug-likeness (QED) is 0.630. The summed E-state index contributed by atoms with van der Waals surface area (Å²) in [5.74, 6) is 0.779. The third-order valence-electron chi connectivity index (χ3n) is 5.61. The summed E-state index contributed by atoms with van der Waals surface area (Å²) in [5.41, 5.74) is 2.20. The van der Waals surface area contributed by atoms with Crippen molar-refractivity contribution in [1.29, 1.82) is 0 Å². The maximum atomic E-state index is 13.5. The van der Waals surface area contributed by atoms with Crippen LogP contribution < -0.4 is 19.8 Å². The largest absolute Gasteiger partial charge is 0.490 e. The highest BCUT2D eigenvalue weighted by molar-refractivity contribution is 7.88. The number of anilines is 2. The molecule has 11 heteroatoms. The highest BCUT2D eigenvalue weighted by Crippen LogP contribution is 2.32. The van der Waals surface area contributed by atoms with Gasteiger partial charge in [0.2, 0.25) is 10.0 Å². The van der Waals surface area contributed by atoms with Crippen LogP contribution in [0, 0.1) is 5.82 Å². The molecule has 2 aromatic rings. The molecule has 0 saturated heterocycles. The number of halogens is 2. The molecular weight excluding hydrogens is 471 g/mol. The maximum absolute atomic E-state index is 13.5. The minimum absolute atomic E-state index is 0.00738. The van der Waals surface area contributed by atoms with Crippen molar-refractivity contribution in [2.75, 3.05) is 30.4 Å². The van der Waals surface area contributed by atoms with E-state index >= 15 is 0 Å². The maximum Gasteiger partial charge on any atom is 0.208 e. The molecule has 0 aromatic heterocycles. The van der Waals surface area contributed by atoms with E-state index in [-0.39, 0.29) is 23.8 Å². The van der Waals surface area contributed by atoms with Crippen molar-refractivity contribution in [2.45, 2.75) is 37.8 Å². The van der Waals surface area contributed by atoms with E-state index in [0.717, 1.165) is 36.9 Å². The summed E-state index contributed by atoms with van der Waals surface area (Å²) in [7, 11) is -1.64. The van der Waals surface area contributed by atoms with Crippen molar-refractivity contribution >= 4 is 38.8 Å². The van der Waals surface area contributed by atoms with Crippen molar-refractivity contribution in [2.24, 2.45) is 4.99 Å². The molecule has 2 N–H and O–H groups in total. The molecule has 0 bridgehead atoms. The van der Waals surface area contributed by atoms with Crippen molar-refractivity contribution in [3.05, 3.63) is 52.8 Å². The number of rotatable bonds is 6. The standard InChI is InChI=1S/C22H26ClFN4O4S/c1-31-28-13-25-22(26-15-5-9-20(24)19(23)11-15)18-12-17(8-10-21(18)28)32-16-6-3-14(4-7-16)27-33(2,29)30/h5,8-12,14,16,27H,3-4,6-7,13H2,1-2H3,(H,25,26). The fraction of sp³-hybridized carbons (Fsp3) is 0.409. The van der Waals surface area contributed by atoms with E-state index < -0.39 is 15.8 Å². The zero-order valence-electron chi connectivity index (χ0n) is 18.3. The number of benzene rings is 2. The van der Waals surface area contributed by atoms with Gasteiger partial charge >= 0.3 is 0 Å². The fourth-order valence-corrected chi connectivity index (χ4v) is 5.08. The van der Waals surface area contributed by atoms with Crippen LogP contribution in [0.1, 0.15) is 31.2 Å². The first kappa shape index (κ1) is 23.7. The highest BCUT2D eigenvalue weighted by Gasteiger charge is 2.26. The molecule has 1 fully saturated rings. The molecule has 0 radical (unpaired) electrons. The number of amidine groups is 1. The van der Waals surface area contributed by atoms with Gasteiger partial charge in [0.1, 0.15) is 24.1 Å². The lowest BCUT2D eigenvalue weighted by molar-refractivity contribution is 0.144. The number of nitrogens with zero attached hydrogens (tertiary/aromatic N) is 2. The Kier molecular flexibility index (Phi) is 7.08. The molecular formula is C22H26ClFN4O4S. The monoisotopic (exact) mass is 496 g/mol. The number of hydrogen-bond donors (Lipinski definition) is 2. The summed E-state index contributed by atoms with van der Waals surface area (Å²) in [6.45, 7) is 0.290. The van der Waals surface area contributed by atoms with Crippen LogP contribution in [0.3, 0.4) is 0 Å². The zero-order valence-corrected chi connectivity index (χ0v) is 19.9. The molecule has 8 nitrogen and oxygen atoms in total. The minimum Gasteiger partial charge on any atom is -0.490 e. The van der Waals surface area contributed by atoms with Gasteiger partial charge in [-0.3, -0.25) is 4.84 Å². The predicted octanol–water partition coefficient (Wildman–Crippen LogP) is 3.92. The second-order valence-corrected chi connectivity index (χ2v) is 10.3. The number of sulfonamides is 1. The molecule has 1 aliphatic carbocycles. The van der Waals surface area contributed by atoms with Crippen LogP contribution in [0.4, 0.5) is 15.8 Å². The molecule has 0 spiro atoms. The smallest absolute Gasteiger partial charge is 0.208 e. The summed E-state index contributed by atoms with van der Waals surface area (Å²) in [4.78, 5) is 9.97. The molecule has 1 saturated carbocycles. The Morgan fingerprint density at radius 1 is 1.15 bits per heavy atom. The highest BCUT2D eigenvalue weighted by atomic mass is 35.5. The van der Waals surface area contributed by atoms with Gasteiger partial charge in [-0.05, 0) is 62.1 Å². The lowest BCUT2D eigenvalue weighted by atomic mass is 9.93. The Labute approximate surface area is 197 Å². The molecule has 2 aliphatic rings. The van der Waals surface area contributed by atoms with E-state index in [1.165, 1.54) is 18.4 Å². The van der Waals surface area contributed by atoms with E-state index in [4.69, 9.17) is 21.2 Å². The summed E-state index contributed by atoms with van der Waals surface area (Å²) in [6.07, 6.45) is 4.12. The molecule has 2 aromatic carbocycles. The van der Waals surface area contributed by atoms with Gasteiger partial charge in [-0.2, -0.15) is 0 Å². The van der Waals surface area contributed by atoms with Crippen LogP contribution in [0.5, 0.6) is 5.75 Å². The summed E-state index contributed by atoms with van der Waals surface area (Å²) >= 11 is 5.92. The van der Waals surface area contributed by atoms with Crippen LogP contribution >= 0.6 is 11.6 Å². The number of ether oxygens (including phenoxy) is 1. The predicted molar refractivity (Wildman–Crippen MR) is 127 cm³/mol. The molecule has 1 heterocycles. The van der Waals surface area contributed by atoms with Crippen molar-refractivity contribution in [3.8, 4) is 5.75 Å². The van der Waals surface area contributed by atoms with Gasteiger partial charge in [0.05, 0.1) is 30.2 Å². The summed E-state index contributed by atoms with van der Waals surface area (Å²) in [5, 5.41) is 4.88. The Bertz CT molecular complexity index is 1150. The molecule has 0 amide bonds. The first-order chi connectivity index (χ1) is 15.7.